The summed E-state index contributed by atoms with van der Waals surface area (Å²) in [5, 5.41) is 33.1. The minimum Gasteiger partial charge on any atom is -0.508 e. The Labute approximate surface area is 191 Å². The van der Waals surface area contributed by atoms with Crippen LogP contribution >= 0.6 is 0 Å². The van der Waals surface area contributed by atoms with Crippen LogP contribution in [-0.2, 0) is 11.2 Å². The molecular weight excluding hydrogens is 422 g/mol. The van der Waals surface area contributed by atoms with Gasteiger partial charge in [-0.1, -0.05) is 30.3 Å². The van der Waals surface area contributed by atoms with Crippen molar-refractivity contribution < 1.29 is 29.6 Å². The summed E-state index contributed by atoms with van der Waals surface area (Å²) in [6.45, 7) is 0. The van der Waals surface area contributed by atoms with Crippen LogP contribution in [0.2, 0.25) is 0 Å². The molecule has 3 aromatic rings. The number of esters is 1. The Balaban J connectivity index is 1.42. The average molecular weight is 447 g/mol. The Kier molecular flexibility index (Phi) is 6.49. The summed E-state index contributed by atoms with van der Waals surface area (Å²) >= 11 is 0. The fourth-order valence-corrected chi connectivity index (χ4v) is 4.04. The van der Waals surface area contributed by atoms with E-state index in [1.54, 1.807) is 0 Å². The molecule has 4 rings (SSSR count). The maximum absolute atomic E-state index is 12.7. The van der Waals surface area contributed by atoms with Crippen LogP contribution in [0.4, 0.5) is 0 Å². The molecule has 2 atom stereocenters. The SMILES string of the molecule is O=C(N[C@@H]1CCC[C@H]1OC(=O)c1cc(O)c(Cc2ccccc2)c(O)c1)c1ccc(O)cc1. The highest BCUT2D eigenvalue weighted by atomic mass is 16.5. The van der Waals surface area contributed by atoms with Gasteiger partial charge in [0.1, 0.15) is 23.4 Å². The summed E-state index contributed by atoms with van der Waals surface area (Å²) in [6.07, 6.45) is 1.84. The Bertz CT molecular complexity index is 1120. The van der Waals surface area contributed by atoms with Crippen LogP contribution in [0.15, 0.2) is 66.7 Å². The molecule has 1 aliphatic carbocycles. The van der Waals surface area contributed by atoms with Crippen LogP contribution in [0.1, 0.15) is 51.1 Å². The number of ether oxygens (including phenoxy) is 1. The molecule has 0 bridgehead atoms. The first-order valence-corrected chi connectivity index (χ1v) is 10.8. The second kappa shape index (κ2) is 9.65. The minimum absolute atomic E-state index is 0.0392. The maximum Gasteiger partial charge on any atom is 0.338 e. The normalized spacial score (nSPS) is 17.5. The van der Waals surface area contributed by atoms with Gasteiger partial charge in [-0.2, -0.15) is 0 Å². The van der Waals surface area contributed by atoms with Crippen molar-refractivity contribution in [2.24, 2.45) is 0 Å². The zero-order chi connectivity index (χ0) is 23.4. The van der Waals surface area contributed by atoms with Crippen LogP contribution in [0, 0.1) is 0 Å². The first-order chi connectivity index (χ1) is 15.9. The molecule has 0 aromatic heterocycles. The van der Waals surface area contributed by atoms with Crippen molar-refractivity contribution in [2.75, 3.05) is 0 Å². The van der Waals surface area contributed by atoms with Gasteiger partial charge in [-0.15, -0.1) is 0 Å². The van der Waals surface area contributed by atoms with Gasteiger partial charge in [0, 0.05) is 17.5 Å². The van der Waals surface area contributed by atoms with Gasteiger partial charge in [0.15, 0.2) is 0 Å². The molecule has 0 spiro atoms. The molecule has 0 unspecified atom stereocenters. The number of carbonyl (C=O) groups excluding carboxylic acids is 2. The monoisotopic (exact) mass is 447 g/mol. The number of hydrogen-bond acceptors (Lipinski definition) is 6. The van der Waals surface area contributed by atoms with Crippen LogP contribution in [-0.4, -0.2) is 39.3 Å². The van der Waals surface area contributed by atoms with Gasteiger partial charge >= 0.3 is 5.97 Å². The number of rotatable bonds is 6. The van der Waals surface area contributed by atoms with Crippen molar-refractivity contribution in [2.45, 2.75) is 37.8 Å². The van der Waals surface area contributed by atoms with E-state index in [4.69, 9.17) is 4.74 Å². The van der Waals surface area contributed by atoms with Gasteiger partial charge in [-0.25, -0.2) is 4.79 Å². The summed E-state index contributed by atoms with van der Waals surface area (Å²) in [4.78, 5) is 25.2. The van der Waals surface area contributed by atoms with Crippen molar-refractivity contribution in [3.05, 3.63) is 89.0 Å². The molecule has 1 amide bonds. The van der Waals surface area contributed by atoms with E-state index < -0.39 is 12.1 Å². The average Bonchev–Trinajstić information content (AvgIpc) is 3.23. The second-order valence-electron chi connectivity index (χ2n) is 8.16. The zero-order valence-electron chi connectivity index (χ0n) is 17.9. The highest BCUT2D eigenvalue weighted by molar-refractivity contribution is 5.94. The molecule has 1 aliphatic rings. The first kappa shape index (κ1) is 22.2. The van der Waals surface area contributed by atoms with Crippen LogP contribution in [0.5, 0.6) is 17.2 Å². The van der Waals surface area contributed by atoms with Crippen molar-refractivity contribution in [3.8, 4) is 17.2 Å². The number of nitrogens with one attached hydrogen (secondary N) is 1. The van der Waals surface area contributed by atoms with Gasteiger partial charge < -0.3 is 25.4 Å². The predicted octanol–water partition coefficient (Wildman–Crippen LogP) is 3.90. The van der Waals surface area contributed by atoms with E-state index in [9.17, 15) is 24.9 Å². The zero-order valence-corrected chi connectivity index (χ0v) is 17.9. The Hall–Kier alpha value is -4.00. The van der Waals surface area contributed by atoms with E-state index in [0.29, 0.717) is 30.4 Å². The number of amides is 1. The van der Waals surface area contributed by atoms with E-state index >= 15 is 0 Å². The number of aromatic hydroxyl groups is 3. The third-order valence-electron chi connectivity index (χ3n) is 5.82. The summed E-state index contributed by atoms with van der Waals surface area (Å²) in [5.41, 5.74) is 1.68. The van der Waals surface area contributed by atoms with Gasteiger partial charge in [-0.3, -0.25) is 4.79 Å². The molecule has 0 radical (unpaired) electrons. The number of carbonyl (C=O) groups is 2. The summed E-state index contributed by atoms with van der Waals surface area (Å²) in [6, 6.07) is 17.5. The Morgan fingerprint density at radius 3 is 2.21 bits per heavy atom. The molecule has 7 nitrogen and oxygen atoms in total. The molecule has 0 saturated heterocycles. The van der Waals surface area contributed by atoms with Crippen molar-refractivity contribution in [3.63, 3.8) is 0 Å². The summed E-state index contributed by atoms with van der Waals surface area (Å²) in [5.74, 6) is -1.30. The fraction of sp³-hybridized carbons (Fsp3) is 0.231. The highest BCUT2D eigenvalue weighted by Crippen LogP contribution is 2.32. The second-order valence-corrected chi connectivity index (χ2v) is 8.16. The van der Waals surface area contributed by atoms with Gasteiger partial charge in [-0.05, 0) is 61.2 Å². The lowest BCUT2D eigenvalue weighted by atomic mass is 10.0. The molecule has 0 aliphatic heterocycles. The van der Waals surface area contributed by atoms with E-state index in [2.05, 4.69) is 5.32 Å². The van der Waals surface area contributed by atoms with E-state index in [1.807, 2.05) is 30.3 Å². The third kappa shape index (κ3) is 5.26. The largest absolute Gasteiger partial charge is 0.508 e. The predicted molar refractivity (Wildman–Crippen MR) is 121 cm³/mol. The molecule has 1 saturated carbocycles. The molecule has 170 valence electrons. The number of benzene rings is 3. The lowest BCUT2D eigenvalue weighted by molar-refractivity contribution is 0.0249. The summed E-state index contributed by atoms with van der Waals surface area (Å²) < 4.78 is 5.62. The van der Waals surface area contributed by atoms with Gasteiger partial charge in [0.05, 0.1) is 11.6 Å². The summed E-state index contributed by atoms with van der Waals surface area (Å²) in [7, 11) is 0. The van der Waals surface area contributed by atoms with Crippen molar-refractivity contribution in [1.82, 2.24) is 5.32 Å². The molecule has 33 heavy (non-hydrogen) atoms. The molecule has 7 heteroatoms. The number of hydrogen-bond donors (Lipinski definition) is 4. The van der Waals surface area contributed by atoms with Gasteiger partial charge in [0.2, 0.25) is 0 Å². The first-order valence-electron chi connectivity index (χ1n) is 10.8. The molecule has 0 heterocycles. The van der Waals surface area contributed by atoms with Crippen molar-refractivity contribution in [1.29, 1.82) is 0 Å². The number of phenols is 3. The topological polar surface area (TPSA) is 116 Å². The lowest BCUT2D eigenvalue weighted by Crippen LogP contribution is -2.41. The fourth-order valence-electron chi connectivity index (χ4n) is 4.04. The minimum atomic E-state index is -0.678. The molecular formula is C26H25NO6. The van der Waals surface area contributed by atoms with E-state index in [1.165, 1.54) is 36.4 Å². The van der Waals surface area contributed by atoms with Gasteiger partial charge in [0.25, 0.3) is 5.91 Å². The van der Waals surface area contributed by atoms with E-state index in [-0.39, 0.29) is 34.8 Å². The lowest BCUT2D eigenvalue weighted by Gasteiger charge is -2.21. The van der Waals surface area contributed by atoms with Crippen LogP contribution in [0.3, 0.4) is 0 Å². The Morgan fingerprint density at radius 2 is 1.55 bits per heavy atom. The number of phenolic OH excluding ortho intramolecular Hbond substituents is 3. The molecule has 4 N–H and O–H groups in total. The Morgan fingerprint density at radius 1 is 0.879 bits per heavy atom. The molecule has 3 aromatic carbocycles. The standard InChI is InChI=1S/C26H25NO6/c28-19-11-9-17(10-12-19)25(31)27-21-7-4-8-24(21)33-26(32)18-14-22(29)20(23(30)15-18)13-16-5-2-1-3-6-16/h1-3,5-6,9-12,14-15,21,24,28-30H,4,7-8,13H2,(H,27,31)/t21-,24-/m1/s1. The third-order valence-corrected chi connectivity index (χ3v) is 5.82. The van der Waals surface area contributed by atoms with Crippen LogP contribution < -0.4 is 5.32 Å². The van der Waals surface area contributed by atoms with Crippen molar-refractivity contribution >= 4 is 11.9 Å². The van der Waals surface area contributed by atoms with E-state index in [0.717, 1.165) is 12.0 Å². The van der Waals surface area contributed by atoms with Crippen LogP contribution in [0.25, 0.3) is 0 Å². The molecule has 1 fully saturated rings. The quantitative estimate of drug-likeness (QED) is 0.426. The smallest absolute Gasteiger partial charge is 0.338 e. The maximum atomic E-state index is 12.7. The highest BCUT2D eigenvalue weighted by Gasteiger charge is 2.32.